The first-order valence-electron chi connectivity index (χ1n) is 10.3. The van der Waals surface area contributed by atoms with Crippen LogP contribution in [0.4, 0.5) is 0 Å². The summed E-state index contributed by atoms with van der Waals surface area (Å²) >= 11 is 1.83. The van der Waals surface area contributed by atoms with Gasteiger partial charge >= 0.3 is 0 Å². The molecule has 2 N–H and O–H groups in total. The average Bonchev–Trinajstić information content (AvgIpc) is 3.48. The van der Waals surface area contributed by atoms with Crippen LogP contribution in [0.5, 0.6) is 0 Å². The number of thiophene rings is 1. The molecule has 6 nitrogen and oxygen atoms in total. The third-order valence-corrected chi connectivity index (χ3v) is 5.78. The normalized spacial score (nSPS) is 16.4. The number of nitrogens with one attached hydrogen (secondary N) is 2. The molecule has 0 spiro atoms. The molecule has 3 rings (SSSR count). The van der Waals surface area contributed by atoms with E-state index in [0.29, 0.717) is 19.3 Å². The maximum Gasteiger partial charge on any atom is 0.191 e. The molecule has 1 atom stereocenters. The van der Waals surface area contributed by atoms with Crippen LogP contribution in [-0.4, -0.2) is 50.2 Å². The van der Waals surface area contributed by atoms with Gasteiger partial charge in [0.15, 0.2) is 5.96 Å². The van der Waals surface area contributed by atoms with Crippen LogP contribution >= 0.6 is 11.3 Å². The van der Waals surface area contributed by atoms with Gasteiger partial charge < -0.3 is 19.8 Å². The van der Waals surface area contributed by atoms with Crippen LogP contribution in [0.2, 0.25) is 0 Å². The molecule has 154 valence electrons. The fourth-order valence-electron chi connectivity index (χ4n) is 3.39. The Morgan fingerprint density at radius 1 is 1.29 bits per heavy atom. The number of furan rings is 1. The molecule has 1 aliphatic heterocycles. The fourth-order valence-corrected chi connectivity index (χ4v) is 4.24. The maximum atomic E-state index is 5.64. The van der Waals surface area contributed by atoms with Crippen LogP contribution < -0.4 is 10.6 Å². The molecule has 3 heterocycles. The summed E-state index contributed by atoms with van der Waals surface area (Å²) in [5.74, 6) is 1.75. The highest BCUT2D eigenvalue weighted by molar-refractivity contribution is 7.10. The Morgan fingerprint density at radius 3 is 2.89 bits per heavy atom. The largest absolute Gasteiger partial charge is 0.467 e. The average molecular weight is 405 g/mol. The minimum atomic E-state index is 0.384. The number of ether oxygens (including phenoxy) is 1. The third-order valence-electron chi connectivity index (χ3n) is 4.80. The standard InChI is InChI=1S/C21H32N4O2S/c1-2-22-21(23-10-7-13-26-17-18-8-5-14-27-18)24-16-19(20-9-6-15-28-20)25-11-3-4-12-25/h5-6,8-9,14-15,19H,2-4,7,10-13,16-17H2,1H3,(H2,22,23,24). The molecule has 1 fully saturated rings. The van der Waals surface area contributed by atoms with Gasteiger partial charge in [-0.2, -0.15) is 0 Å². The predicted octanol–water partition coefficient (Wildman–Crippen LogP) is 3.64. The minimum absolute atomic E-state index is 0.384. The van der Waals surface area contributed by atoms with Crippen LogP contribution in [0.1, 0.15) is 42.9 Å². The Hall–Kier alpha value is -1.83. The van der Waals surface area contributed by atoms with E-state index in [1.54, 1.807) is 6.26 Å². The van der Waals surface area contributed by atoms with Crippen molar-refractivity contribution in [1.82, 2.24) is 15.5 Å². The Kier molecular flexibility index (Phi) is 8.87. The Morgan fingerprint density at radius 2 is 2.18 bits per heavy atom. The number of nitrogens with zero attached hydrogens (tertiary/aromatic N) is 2. The molecule has 0 amide bonds. The first-order chi connectivity index (χ1) is 13.9. The quantitative estimate of drug-likeness (QED) is 0.340. The van der Waals surface area contributed by atoms with Crippen LogP contribution in [0.3, 0.4) is 0 Å². The molecular formula is C21H32N4O2S. The second-order valence-electron chi connectivity index (χ2n) is 6.91. The van der Waals surface area contributed by atoms with E-state index < -0.39 is 0 Å². The van der Waals surface area contributed by atoms with E-state index in [2.05, 4.69) is 40.0 Å². The smallest absolute Gasteiger partial charge is 0.191 e. The lowest BCUT2D eigenvalue weighted by Gasteiger charge is -2.25. The second-order valence-corrected chi connectivity index (χ2v) is 7.89. The summed E-state index contributed by atoms with van der Waals surface area (Å²) in [6.45, 7) is 8.14. The van der Waals surface area contributed by atoms with Gasteiger partial charge in [-0.05, 0) is 62.9 Å². The van der Waals surface area contributed by atoms with Crippen LogP contribution in [-0.2, 0) is 11.3 Å². The van der Waals surface area contributed by atoms with Gasteiger partial charge in [0.2, 0.25) is 0 Å². The molecule has 2 aromatic heterocycles. The number of rotatable bonds is 11. The SMILES string of the molecule is CCNC(=NCC(c1cccs1)N1CCCC1)NCCCOCc1ccco1. The summed E-state index contributed by atoms with van der Waals surface area (Å²) < 4.78 is 10.9. The van der Waals surface area contributed by atoms with Gasteiger partial charge in [0.1, 0.15) is 12.4 Å². The molecular weight excluding hydrogens is 372 g/mol. The van der Waals surface area contributed by atoms with Crippen LogP contribution in [0.15, 0.2) is 45.3 Å². The summed E-state index contributed by atoms with van der Waals surface area (Å²) in [5.41, 5.74) is 0. The summed E-state index contributed by atoms with van der Waals surface area (Å²) in [4.78, 5) is 8.86. The van der Waals surface area contributed by atoms with E-state index in [9.17, 15) is 0 Å². The summed E-state index contributed by atoms with van der Waals surface area (Å²) in [6, 6.07) is 8.57. The predicted molar refractivity (Wildman–Crippen MR) is 115 cm³/mol. The number of hydrogen-bond acceptors (Lipinski definition) is 5. The molecule has 1 aliphatic rings. The molecule has 1 unspecified atom stereocenters. The molecule has 0 aliphatic carbocycles. The fraction of sp³-hybridized carbons (Fsp3) is 0.571. The summed E-state index contributed by atoms with van der Waals surface area (Å²) in [5, 5.41) is 8.94. The third kappa shape index (κ3) is 6.65. The maximum absolute atomic E-state index is 5.64. The number of guanidine groups is 1. The van der Waals surface area contributed by atoms with Crippen molar-refractivity contribution >= 4 is 17.3 Å². The van der Waals surface area contributed by atoms with Crippen molar-refractivity contribution in [3.63, 3.8) is 0 Å². The van der Waals surface area contributed by atoms with Crippen molar-refractivity contribution in [3.05, 3.63) is 46.5 Å². The molecule has 0 radical (unpaired) electrons. The lowest BCUT2D eigenvalue weighted by molar-refractivity contribution is 0.105. The van der Waals surface area contributed by atoms with E-state index in [1.807, 2.05) is 23.5 Å². The van der Waals surface area contributed by atoms with Crippen molar-refractivity contribution in [2.24, 2.45) is 4.99 Å². The van der Waals surface area contributed by atoms with Gasteiger partial charge in [-0.3, -0.25) is 9.89 Å². The van der Waals surface area contributed by atoms with E-state index in [0.717, 1.165) is 37.8 Å². The molecule has 0 saturated carbocycles. The zero-order chi connectivity index (χ0) is 19.4. The highest BCUT2D eigenvalue weighted by atomic mass is 32.1. The van der Waals surface area contributed by atoms with Crippen molar-refractivity contribution in [3.8, 4) is 0 Å². The van der Waals surface area contributed by atoms with Crippen molar-refractivity contribution in [1.29, 1.82) is 0 Å². The first kappa shape index (κ1) is 20.9. The summed E-state index contributed by atoms with van der Waals surface area (Å²) in [6.07, 6.45) is 5.18. The van der Waals surface area contributed by atoms with E-state index in [1.165, 1.54) is 30.8 Å². The number of likely N-dealkylation sites (tertiary alicyclic amines) is 1. The lowest BCUT2D eigenvalue weighted by atomic mass is 10.2. The summed E-state index contributed by atoms with van der Waals surface area (Å²) in [7, 11) is 0. The highest BCUT2D eigenvalue weighted by Gasteiger charge is 2.24. The van der Waals surface area contributed by atoms with Gasteiger partial charge in [0.25, 0.3) is 0 Å². The van der Waals surface area contributed by atoms with Crippen molar-refractivity contribution in [2.45, 2.75) is 38.8 Å². The van der Waals surface area contributed by atoms with Gasteiger partial charge in [-0.15, -0.1) is 11.3 Å². The number of aliphatic imine (C=N–C) groups is 1. The lowest BCUT2D eigenvalue weighted by Crippen LogP contribution is -2.39. The van der Waals surface area contributed by atoms with Gasteiger partial charge in [0.05, 0.1) is 18.8 Å². The van der Waals surface area contributed by atoms with Crippen LogP contribution in [0, 0.1) is 0 Å². The highest BCUT2D eigenvalue weighted by Crippen LogP contribution is 2.28. The minimum Gasteiger partial charge on any atom is -0.467 e. The van der Waals surface area contributed by atoms with E-state index >= 15 is 0 Å². The van der Waals surface area contributed by atoms with Gasteiger partial charge in [-0.25, -0.2) is 0 Å². The molecule has 0 bridgehead atoms. The van der Waals surface area contributed by atoms with Gasteiger partial charge in [0, 0.05) is 24.6 Å². The monoisotopic (exact) mass is 404 g/mol. The second kappa shape index (κ2) is 11.9. The van der Waals surface area contributed by atoms with Crippen LogP contribution in [0.25, 0.3) is 0 Å². The van der Waals surface area contributed by atoms with E-state index in [-0.39, 0.29) is 0 Å². The zero-order valence-corrected chi connectivity index (χ0v) is 17.5. The Labute approximate surface area is 172 Å². The molecule has 7 heteroatoms. The molecule has 1 saturated heterocycles. The van der Waals surface area contributed by atoms with Crippen molar-refractivity contribution < 1.29 is 9.15 Å². The molecule has 28 heavy (non-hydrogen) atoms. The van der Waals surface area contributed by atoms with Crippen molar-refractivity contribution in [2.75, 3.05) is 39.3 Å². The zero-order valence-electron chi connectivity index (χ0n) is 16.7. The van der Waals surface area contributed by atoms with Gasteiger partial charge in [-0.1, -0.05) is 6.07 Å². The first-order valence-corrected chi connectivity index (χ1v) is 11.1. The molecule has 0 aromatic carbocycles. The number of hydrogen-bond donors (Lipinski definition) is 2. The van der Waals surface area contributed by atoms with E-state index in [4.69, 9.17) is 14.1 Å². The Bertz CT molecular complexity index is 667. The molecule has 2 aromatic rings. The topological polar surface area (TPSA) is 62.0 Å². The Balaban J connectivity index is 1.44.